The average Bonchev–Trinajstić information content (AvgIpc) is 2.82. The highest BCUT2D eigenvalue weighted by molar-refractivity contribution is 6.21. The second kappa shape index (κ2) is 5.00. The number of hydrogen-bond donors (Lipinski definition) is 0. The molecule has 1 aliphatic rings. The quantitative estimate of drug-likeness (QED) is 0.714. The van der Waals surface area contributed by atoms with Gasteiger partial charge in [-0.2, -0.15) is 0 Å². The first kappa shape index (κ1) is 11.0. The Morgan fingerprint density at radius 1 is 1.40 bits per heavy atom. The first-order valence-corrected chi connectivity index (χ1v) is 6.05. The molecule has 1 aliphatic heterocycles. The van der Waals surface area contributed by atoms with Crippen molar-refractivity contribution in [1.29, 1.82) is 0 Å². The Labute approximate surface area is 96.4 Å². The summed E-state index contributed by atoms with van der Waals surface area (Å²) in [5.74, 6) is 0.485. The van der Waals surface area contributed by atoms with Crippen molar-refractivity contribution in [3.05, 3.63) is 35.4 Å². The highest BCUT2D eigenvalue weighted by atomic mass is 35.5. The number of ether oxygens (including phenoxy) is 1. The number of alkyl halides is 1. The van der Waals surface area contributed by atoms with Crippen LogP contribution < -0.4 is 0 Å². The molecule has 0 N–H and O–H groups in total. The van der Waals surface area contributed by atoms with E-state index in [1.54, 1.807) is 0 Å². The van der Waals surface area contributed by atoms with Gasteiger partial charge in [0.05, 0.1) is 12.0 Å². The molecule has 0 saturated carbocycles. The molecule has 2 unspecified atom stereocenters. The van der Waals surface area contributed by atoms with Gasteiger partial charge in [0.25, 0.3) is 0 Å². The zero-order valence-electron chi connectivity index (χ0n) is 9.08. The molecule has 0 aromatic heterocycles. The first-order valence-electron chi connectivity index (χ1n) is 5.62. The van der Waals surface area contributed by atoms with E-state index in [2.05, 4.69) is 31.2 Å². The van der Waals surface area contributed by atoms with Crippen molar-refractivity contribution < 1.29 is 4.74 Å². The Balaban J connectivity index is 2.07. The summed E-state index contributed by atoms with van der Waals surface area (Å²) in [6, 6.07) is 8.63. The van der Waals surface area contributed by atoms with Gasteiger partial charge in [-0.1, -0.05) is 31.2 Å². The molecule has 0 radical (unpaired) electrons. The third-order valence-corrected chi connectivity index (χ3v) is 3.69. The summed E-state index contributed by atoms with van der Waals surface area (Å²) in [6.07, 6.45) is 2.17. The van der Waals surface area contributed by atoms with E-state index in [0.717, 1.165) is 26.1 Å². The minimum Gasteiger partial charge on any atom is -0.381 e. The summed E-state index contributed by atoms with van der Waals surface area (Å²) in [4.78, 5) is 0. The maximum atomic E-state index is 6.43. The Morgan fingerprint density at radius 3 is 2.67 bits per heavy atom. The summed E-state index contributed by atoms with van der Waals surface area (Å²) in [6.45, 7) is 3.84. The van der Waals surface area contributed by atoms with Crippen LogP contribution in [-0.4, -0.2) is 13.2 Å². The standard InChI is InChI=1S/C13H17ClO/c1-2-10-3-5-11(6-4-10)13(14)12-7-8-15-9-12/h3-6,12-13H,2,7-9H2,1H3. The third kappa shape index (κ3) is 2.53. The van der Waals surface area contributed by atoms with Gasteiger partial charge in [0.2, 0.25) is 0 Å². The number of hydrogen-bond acceptors (Lipinski definition) is 1. The van der Waals surface area contributed by atoms with Crippen LogP contribution in [0.2, 0.25) is 0 Å². The molecule has 82 valence electrons. The summed E-state index contributed by atoms with van der Waals surface area (Å²) < 4.78 is 5.36. The van der Waals surface area contributed by atoms with Gasteiger partial charge >= 0.3 is 0 Å². The minimum absolute atomic E-state index is 0.110. The van der Waals surface area contributed by atoms with E-state index in [1.165, 1.54) is 11.1 Å². The van der Waals surface area contributed by atoms with E-state index < -0.39 is 0 Å². The second-order valence-corrected chi connectivity index (χ2v) is 4.59. The molecular formula is C13H17ClO. The van der Waals surface area contributed by atoms with Gasteiger partial charge in [0.15, 0.2) is 0 Å². The van der Waals surface area contributed by atoms with Crippen molar-refractivity contribution in [2.24, 2.45) is 5.92 Å². The van der Waals surface area contributed by atoms with Crippen LogP contribution in [0.1, 0.15) is 29.8 Å². The molecule has 0 aliphatic carbocycles. The van der Waals surface area contributed by atoms with E-state index in [4.69, 9.17) is 16.3 Å². The van der Waals surface area contributed by atoms with Gasteiger partial charge < -0.3 is 4.74 Å². The fourth-order valence-corrected chi connectivity index (χ4v) is 2.34. The maximum absolute atomic E-state index is 6.43. The van der Waals surface area contributed by atoms with Gasteiger partial charge in [-0.25, -0.2) is 0 Å². The van der Waals surface area contributed by atoms with Crippen molar-refractivity contribution in [3.63, 3.8) is 0 Å². The zero-order chi connectivity index (χ0) is 10.7. The summed E-state index contributed by atoms with van der Waals surface area (Å²) in [5, 5.41) is 0.110. The number of aryl methyl sites for hydroxylation is 1. The van der Waals surface area contributed by atoms with Crippen LogP contribution in [0.5, 0.6) is 0 Å². The monoisotopic (exact) mass is 224 g/mol. The Kier molecular flexibility index (Phi) is 3.66. The number of halogens is 1. The van der Waals surface area contributed by atoms with Gasteiger partial charge in [-0.15, -0.1) is 11.6 Å². The van der Waals surface area contributed by atoms with Crippen molar-refractivity contribution in [2.45, 2.75) is 25.1 Å². The molecule has 1 heterocycles. The molecular weight excluding hydrogens is 208 g/mol. The van der Waals surface area contributed by atoms with E-state index in [1.807, 2.05) is 0 Å². The lowest BCUT2D eigenvalue weighted by molar-refractivity contribution is 0.185. The zero-order valence-corrected chi connectivity index (χ0v) is 9.83. The minimum atomic E-state index is 0.110. The van der Waals surface area contributed by atoms with Gasteiger partial charge in [0, 0.05) is 12.5 Å². The van der Waals surface area contributed by atoms with Crippen LogP contribution in [0.25, 0.3) is 0 Å². The van der Waals surface area contributed by atoms with E-state index in [9.17, 15) is 0 Å². The van der Waals surface area contributed by atoms with Crippen LogP contribution in [0.15, 0.2) is 24.3 Å². The van der Waals surface area contributed by atoms with Crippen molar-refractivity contribution >= 4 is 11.6 Å². The highest BCUT2D eigenvalue weighted by Gasteiger charge is 2.24. The molecule has 1 aromatic rings. The smallest absolute Gasteiger partial charge is 0.0636 e. The lowest BCUT2D eigenvalue weighted by Gasteiger charge is -2.15. The third-order valence-electron chi connectivity index (χ3n) is 3.09. The lowest BCUT2D eigenvalue weighted by Crippen LogP contribution is -2.07. The van der Waals surface area contributed by atoms with E-state index >= 15 is 0 Å². The van der Waals surface area contributed by atoms with Crippen LogP contribution in [0.4, 0.5) is 0 Å². The van der Waals surface area contributed by atoms with E-state index in [-0.39, 0.29) is 5.38 Å². The molecule has 1 aromatic carbocycles. The molecule has 1 fully saturated rings. The average molecular weight is 225 g/mol. The van der Waals surface area contributed by atoms with Gasteiger partial charge in [0.1, 0.15) is 0 Å². The summed E-state index contributed by atoms with van der Waals surface area (Å²) in [5.41, 5.74) is 2.59. The van der Waals surface area contributed by atoms with Crippen molar-refractivity contribution in [2.75, 3.05) is 13.2 Å². The van der Waals surface area contributed by atoms with Crippen molar-refractivity contribution in [3.8, 4) is 0 Å². The predicted molar refractivity (Wildman–Crippen MR) is 63.3 cm³/mol. The molecule has 15 heavy (non-hydrogen) atoms. The molecule has 2 rings (SSSR count). The molecule has 2 atom stereocenters. The largest absolute Gasteiger partial charge is 0.381 e. The van der Waals surface area contributed by atoms with Crippen LogP contribution in [0.3, 0.4) is 0 Å². The molecule has 0 bridgehead atoms. The molecule has 0 spiro atoms. The number of rotatable bonds is 3. The SMILES string of the molecule is CCc1ccc(C(Cl)C2CCOC2)cc1. The van der Waals surface area contributed by atoms with Crippen LogP contribution >= 0.6 is 11.6 Å². The Hall–Kier alpha value is -0.530. The predicted octanol–water partition coefficient (Wildman–Crippen LogP) is 3.57. The fourth-order valence-electron chi connectivity index (χ4n) is 1.99. The number of benzene rings is 1. The Morgan fingerprint density at radius 2 is 2.13 bits per heavy atom. The van der Waals surface area contributed by atoms with Gasteiger partial charge in [-0.05, 0) is 24.0 Å². The maximum Gasteiger partial charge on any atom is 0.0636 e. The highest BCUT2D eigenvalue weighted by Crippen LogP contribution is 2.34. The molecule has 1 nitrogen and oxygen atoms in total. The summed E-state index contributed by atoms with van der Waals surface area (Å²) >= 11 is 6.43. The van der Waals surface area contributed by atoms with Crippen LogP contribution in [-0.2, 0) is 11.2 Å². The Bertz CT molecular complexity index is 301. The summed E-state index contributed by atoms with van der Waals surface area (Å²) in [7, 11) is 0. The normalized spacial score (nSPS) is 22.9. The van der Waals surface area contributed by atoms with Crippen molar-refractivity contribution in [1.82, 2.24) is 0 Å². The van der Waals surface area contributed by atoms with Crippen LogP contribution in [0, 0.1) is 5.92 Å². The first-order chi connectivity index (χ1) is 7.31. The lowest BCUT2D eigenvalue weighted by atomic mass is 9.97. The fraction of sp³-hybridized carbons (Fsp3) is 0.538. The molecule has 2 heteroatoms. The van der Waals surface area contributed by atoms with Gasteiger partial charge in [-0.3, -0.25) is 0 Å². The van der Waals surface area contributed by atoms with E-state index in [0.29, 0.717) is 5.92 Å². The molecule has 1 saturated heterocycles. The topological polar surface area (TPSA) is 9.23 Å². The second-order valence-electron chi connectivity index (χ2n) is 4.12. The molecule has 0 amide bonds.